The Morgan fingerprint density at radius 2 is 2.26 bits per heavy atom. The first-order valence-electron chi connectivity index (χ1n) is 5.78. The SMILES string of the molecule is COCc1nc(N)cc(NCCc2ccc(Br)s2)n1. The first-order valence-corrected chi connectivity index (χ1v) is 7.39. The van der Waals surface area contributed by atoms with Crippen LogP contribution in [0.3, 0.4) is 0 Å². The van der Waals surface area contributed by atoms with Crippen molar-refractivity contribution < 1.29 is 4.74 Å². The minimum Gasteiger partial charge on any atom is -0.384 e. The standard InChI is InChI=1S/C12H15BrN4OS/c1-18-7-12-16-10(14)6-11(17-12)15-5-4-8-2-3-9(13)19-8/h2-3,6H,4-5,7H2,1H3,(H3,14,15,16,17). The summed E-state index contributed by atoms with van der Waals surface area (Å²) in [5.41, 5.74) is 5.73. The smallest absolute Gasteiger partial charge is 0.158 e. The highest BCUT2D eigenvalue weighted by Crippen LogP contribution is 2.22. The molecule has 2 aromatic rings. The average molecular weight is 343 g/mol. The Labute approximate surface area is 124 Å². The number of nitrogens with zero attached hydrogens (tertiary/aromatic N) is 2. The van der Waals surface area contributed by atoms with E-state index in [9.17, 15) is 0 Å². The van der Waals surface area contributed by atoms with E-state index in [-0.39, 0.29) is 0 Å². The molecule has 0 spiro atoms. The summed E-state index contributed by atoms with van der Waals surface area (Å²) in [6.07, 6.45) is 0.944. The molecule has 102 valence electrons. The van der Waals surface area contributed by atoms with Gasteiger partial charge in [-0.2, -0.15) is 0 Å². The molecule has 0 aliphatic carbocycles. The topological polar surface area (TPSA) is 73.1 Å². The number of aromatic nitrogens is 2. The van der Waals surface area contributed by atoms with Gasteiger partial charge in [0.05, 0.1) is 3.79 Å². The van der Waals surface area contributed by atoms with Gasteiger partial charge in [0.1, 0.15) is 18.2 Å². The van der Waals surface area contributed by atoms with Gasteiger partial charge in [-0.15, -0.1) is 11.3 Å². The van der Waals surface area contributed by atoms with Crippen molar-refractivity contribution in [2.45, 2.75) is 13.0 Å². The molecular formula is C12H15BrN4OS. The fourth-order valence-corrected chi connectivity index (χ4v) is 3.08. The predicted molar refractivity (Wildman–Crippen MR) is 81.4 cm³/mol. The first kappa shape index (κ1) is 14.2. The van der Waals surface area contributed by atoms with Crippen molar-refractivity contribution in [2.24, 2.45) is 0 Å². The molecule has 0 bridgehead atoms. The van der Waals surface area contributed by atoms with Crippen LogP contribution in [0.5, 0.6) is 0 Å². The Hall–Kier alpha value is -1.18. The van der Waals surface area contributed by atoms with Crippen molar-refractivity contribution in [3.8, 4) is 0 Å². The zero-order chi connectivity index (χ0) is 13.7. The van der Waals surface area contributed by atoms with Crippen LogP contribution in [0.4, 0.5) is 11.6 Å². The number of rotatable bonds is 6. The number of halogens is 1. The van der Waals surface area contributed by atoms with Crippen molar-refractivity contribution in [3.05, 3.63) is 32.7 Å². The van der Waals surface area contributed by atoms with E-state index in [1.165, 1.54) is 4.88 Å². The third kappa shape index (κ3) is 4.45. The molecule has 7 heteroatoms. The van der Waals surface area contributed by atoms with E-state index >= 15 is 0 Å². The highest BCUT2D eigenvalue weighted by Gasteiger charge is 2.03. The lowest BCUT2D eigenvalue weighted by atomic mass is 10.3. The van der Waals surface area contributed by atoms with Gasteiger partial charge in [0.15, 0.2) is 5.82 Å². The molecule has 0 aliphatic heterocycles. The van der Waals surface area contributed by atoms with Crippen LogP contribution in [0.15, 0.2) is 22.0 Å². The van der Waals surface area contributed by atoms with Gasteiger partial charge in [0.2, 0.25) is 0 Å². The lowest BCUT2D eigenvalue weighted by Crippen LogP contribution is -2.09. The predicted octanol–water partition coefficient (Wildman–Crippen LogP) is 2.68. The van der Waals surface area contributed by atoms with E-state index in [0.717, 1.165) is 22.6 Å². The van der Waals surface area contributed by atoms with Gasteiger partial charge in [-0.05, 0) is 34.5 Å². The zero-order valence-electron chi connectivity index (χ0n) is 10.5. The van der Waals surface area contributed by atoms with Crippen molar-refractivity contribution in [1.29, 1.82) is 0 Å². The molecule has 19 heavy (non-hydrogen) atoms. The zero-order valence-corrected chi connectivity index (χ0v) is 12.9. The number of nitrogen functional groups attached to an aromatic ring is 1. The third-order valence-electron chi connectivity index (χ3n) is 2.37. The van der Waals surface area contributed by atoms with Gasteiger partial charge in [0.25, 0.3) is 0 Å². The van der Waals surface area contributed by atoms with E-state index in [0.29, 0.717) is 18.2 Å². The molecule has 0 amide bonds. The van der Waals surface area contributed by atoms with Gasteiger partial charge < -0.3 is 15.8 Å². The van der Waals surface area contributed by atoms with E-state index in [4.69, 9.17) is 10.5 Å². The Kier molecular flexibility index (Phi) is 5.12. The largest absolute Gasteiger partial charge is 0.384 e. The second-order valence-corrected chi connectivity index (χ2v) is 6.46. The Bertz CT molecular complexity index is 546. The van der Waals surface area contributed by atoms with E-state index in [2.05, 4.69) is 43.3 Å². The molecule has 0 saturated heterocycles. The summed E-state index contributed by atoms with van der Waals surface area (Å²) in [7, 11) is 1.61. The molecule has 2 heterocycles. The number of anilines is 2. The number of nitrogens with two attached hydrogens (primary N) is 1. The quantitative estimate of drug-likeness (QED) is 0.844. The van der Waals surface area contributed by atoms with Gasteiger partial charge >= 0.3 is 0 Å². The number of nitrogens with one attached hydrogen (secondary N) is 1. The molecule has 0 unspecified atom stereocenters. The highest BCUT2D eigenvalue weighted by atomic mass is 79.9. The van der Waals surface area contributed by atoms with Crippen LogP contribution in [0.2, 0.25) is 0 Å². The minimum absolute atomic E-state index is 0.359. The van der Waals surface area contributed by atoms with Crippen LogP contribution >= 0.6 is 27.3 Å². The fraction of sp³-hybridized carbons (Fsp3) is 0.333. The summed E-state index contributed by atoms with van der Waals surface area (Å²) in [4.78, 5) is 9.74. The lowest BCUT2D eigenvalue weighted by molar-refractivity contribution is 0.178. The maximum atomic E-state index is 5.73. The molecule has 0 atom stereocenters. The number of thiophene rings is 1. The van der Waals surface area contributed by atoms with Gasteiger partial charge in [0, 0.05) is 24.6 Å². The first-order chi connectivity index (χ1) is 9.17. The Morgan fingerprint density at radius 1 is 1.42 bits per heavy atom. The van der Waals surface area contributed by atoms with Gasteiger partial charge in [-0.25, -0.2) is 9.97 Å². The maximum absolute atomic E-state index is 5.73. The molecular weight excluding hydrogens is 328 g/mol. The van der Waals surface area contributed by atoms with E-state index in [1.807, 2.05) is 0 Å². The molecule has 2 rings (SSSR count). The molecule has 0 aromatic carbocycles. The van der Waals surface area contributed by atoms with Crippen LogP contribution in [-0.2, 0) is 17.8 Å². The number of hydrogen-bond donors (Lipinski definition) is 2. The van der Waals surface area contributed by atoms with Crippen LogP contribution in [0.1, 0.15) is 10.7 Å². The Morgan fingerprint density at radius 3 is 2.95 bits per heavy atom. The molecule has 0 fully saturated rings. The maximum Gasteiger partial charge on any atom is 0.158 e. The fourth-order valence-electron chi connectivity index (χ4n) is 1.60. The second-order valence-electron chi connectivity index (χ2n) is 3.91. The van der Waals surface area contributed by atoms with Crippen LogP contribution < -0.4 is 11.1 Å². The summed E-state index contributed by atoms with van der Waals surface area (Å²) in [6, 6.07) is 5.89. The third-order valence-corrected chi connectivity index (χ3v) is 4.06. The molecule has 5 nitrogen and oxygen atoms in total. The number of ether oxygens (including phenoxy) is 1. The summed E-state index contributed by atoms with van der Waals surface area (Å²) >= 11 is 5.19. The van der Waals surface area contributed by atoms with Crippen molar-refractivity contribution in [1.82, 2.24) is 9.97 Å². The van der Waals surface area contributed by atoms with E-state index < -0.39 is 0 Å². The van der Waals surface area contributed by atoms with Crippen molar-refractivity contribution >= 4 is 38.9 Å². The molecule has 2 aromatic heterocycles. The van der Waals surface area contributed by atoms with Crippen LogP contribution in [0.25, 0.3) is 0 Å². The molecule has 0 aliphatic rings. The number of hydrogen-bond acceptors (Lipinski definition) is 6. The monoisotopic (exact) mass is 342 g/mol. The Balaban J connectivity index is 1.91. The minimum atomic E-state index is 0.359. The normalized spacial score (nSPS) is 10.6. The van der Waals surface area contributed by atoms with Crippen LogP contribution in [-0.4, -0.2) is 23.6 Å². The van der Waals surface area contributed by atoms with Crippen molar-refractivity contribution in [2.75, 3.05) is 24.7 Å². The second kappa shape index (κ2) is 6.83. The molecule has 3 N–H and O–H groups in total. The van der Waals surface area contributed by atoms with Crippen molar-refractivity contribution in [3.63, 3.8) is 0 Å². The lowest BCUT2D eigenvalue weighted by Gasteiger charge is -2.07. The molecule has 0 radical (unpaired) electrons. The average Bonchev–Trinajstić information content (AvgIpc) is 2.75. The summed E-state index contributed by atoms with van der Waals surface area (Å²) in [5.74, 6) is 1.77. The van der Waals surface area contributed by atoms with Gasteiger partial charge in [-0.3, -0.25) is 0 Å². The highest BCUT2D eigenvalue weighted by molar-refractivity contribution is 9.11. The summed E-state index contributed by atoms with van der Waals surface area (Å²) in [6.45, 7) is 1.16. The number of methoxy groups -OCH3 is 1. The summed E-state index contributed by atoms with van der Waals surface area (Å²) < 4.78 is 6.15. The summed E-state index contributed by atoms with van der Waals surface area (Å²) in [5, 5.41) is 3.25. The molecule has 0 saturated carbocycles. The van der Waals surface area contributed by atoms with E-state index in [1.54, 1.807) is 24.5 Å². The van der Waals surface area contributed by atoms with Gasteiger partial charge in [-0.1, -0.05) is 0 Å². The van der Waals surface area contributed by atoms with Crippen LogP contribution in [0, 0.1) is 0 Å².